The Kier molecular flexibility index (Phi) is 3.99. The van der Waals surface area contributed by atoms with Crippen molar-refractivity contribution in [1.82, 2.24) is 9.97 Å². The largest absolute Gasteiger partial charge is 0.388 e. The van der Waals surface area contributed by atoms with Gasteiger partial charge in [0.2, 0.25) is 5.95 Å². The van der Waals surface area contributed by atoms with Gasteiger partial charge in [0.1, 0.15) is 10.6 Å². The number of fused-ring (bicyclic) bond motifs is 1. The highest BCUT2D eigenvalue weighted by Gasteiger charge is 2.34. The molecule has 2 aromatic rings. The maximum absolute atomic E-state index is 10.2. The third kappa shape index (κ3) is 3.11. The first-order chi connectivity index (χ1) is 10.1. The fraction of sp³-hybridized carbons (Fsp3) is 0.600. The Morgan fingerprint density at radius 2 is 2.14 bits per heavy atom. The quantitative estimate of drug-likeness (QED) is 0.765. The van der Waals surface area contributed by atoms with Gasteiger partial charge in [0, 0.05) is 18.0 Å². The monoisotopic (exact) mass is 306 g/mol. The van der Waals surface area contributed by atoms with Gasteiger partial charge in [-0.25, -0.2) is 4.98 Å². The van der Waals surface area contributed by atoms with E-state index in [4.69, 9.17) is 0 Å². The number of thiophene rings is 1. The maximum Gasteiger partial charge on any atom is 0.226 e. The van der Waals surface area contributed by atoms with Gasteiger partial charge in [0.25, 0.3) is 0 Å². The zero-order valence-electron chi connectivity index (χ0n) is 12.6. The van der Waals surface area contributed by atoms with Crippen LogP contribution in [0, 0.1) is 6.92 Å². The lowest BCUT2D eigenvalue weighted by Gasteiger charge is -2.36. The van der Waals surface area contributed by atoms with E-state index >= 15 is 0 Å². The molecule has 1 aliphatic carbocycles. The maximum atomic E-state index is 10.2. The second-order valence-corrected chi connectivity index (χ2v) is 7.06. The smallest absolute Gasteiger partial charge is 0.226 e. The molecule has 1 aliphatic rings. The number of aliphatic hydroxyl groups is 1. The molecule has 3 rings (SSSR count). The lowest BCUT2D eigenvalue weighted by atomic mass is 9.80. The van der Waals surface area contributed by atoms with Crippen molar-refractivity contribution in [2.75, 3.05) is 23.7 Å². The van der Waals surface area contributed by atoms with Crippen molar-refractivity contribution in [3.8, 4) is 0 Å². The average Bonchev–Trinajstić information content (AvgIpc) is 2.80. The van der Waals surface area contributed by atoms with Crippen molar-refractivity contribution in [3.05, 3.63) is 10.9 Å². The normalized spacial score (nSPS) is 16.7. The number of hydrogen-bond acceptors (Lipinski definition) is 6. The Hall–Kier alpha value is -1.40. The topological polar surface area (TPSA) is 70.1 Å². The molecule has 114 valence electrons. The van der Waals surface area contributed by atoms with Crippen LogP contribution in [0.25, 0.3) is 10.2 Å². The van der Waals surface area contributed by atoms with Gasteiger partial charge in [-0.15, -0.1) is 11.3 Å². The predicted octanol–water partition coefficient (Wildman–Crippen LogP) is 3.15. The van der Waals surface area contributed by atoms with E-state index in [0.29, 0.717) is 12.5 Å². The van der Waals surface area contributed by atoms with Gasteiger partial charge >= 0.3 is 0 Å². The molecule has 0 atom stereocenters. The zero-order valence-corrected chi connectivity index (χ0v) is 13.4. The van der Waals surface area contributed by atoms with Gasteiger partial charge < -0.3 is 15.7 Å². The molecule has 1 saturated carbocycles. The summed E-state index contributed by atoms with van der Waals surface area (Å²) in [5, 5.41) is 17.9. The third-order valence-electron chi connectivity index (χ3n) is 3.92. The van der Waals surface area contributed by atoms with Crippen LogP contribution in [0.1, 0.15) is 37.5 Å². The van der Waals surface area contributed by atoms with E-state index in [0.717, 1.165) is 48.3 Å². The Morgan fingerprint density at radius 3 is 2.81 bits per heavy atom. The van der Waals surface area contributed by atoms with Crippen molar-refractivity contribution in [1.29, 1.82) is 0 Å². The molecule has 6 heteroatoms. The van der Waals surface area contributed by atoms with Crippen LogP contribution in [-0.4, -0.2) is 33.8 Å². The Balaban J connectivity index is 1.86. The lowest BCUT2D eigenvalue weighted by Crippen LogP contribution is -2.43. The van der Waals surface area contributed by atoms with E-state index in [9.17, 15) is 5.11 Å². The molecule has 0 bridgehead atoms. The van der Waals surface area contributed by atoms with E-state index in [2.05, 4.69) is 40.5 Å². The molecule has 2 aromatic heterocycles. The number of nitrogens with zero attached hydrogens (tertiary/aromatic N) is 2. The standard InChI is InChI=1S/C15H22N4OS/c1-3-7-16-14-18-12(17-9-15(20)5-4-6-15)11-8-10(2)21-13(11)19-14/h8,20H,3-7,9H2,1-2H3,(H2,16,17,18,19). The van der Waals surface area contributed by atoms with Crippen LogP contribution in [0.4, 0.5) is 11.8 Å². The number of hydrogen-bond donors (Lipinski definition) is 3. The van der Waals surface area contributed by atoms with E-state index in [1.807, 2.05) is 0 Å². The van der Waals surface area contributed by atoms with E-state index < -0.39 is 5.60 Å². The highest BCUT2D eigenvalue weighted by Crippen LogP contribution is 2.33. The molecule has 0 amide bonds. The van der Waals surface area contributed by atoms with Crippen molar-refractivity contribution < 1.29 is 5.11 Å². The summed E-state index contributed by atoms with van der Waals surface area (Å²) in [6.07, 6.45) is 3.89. The molecule has 0 unspecified atom stereocenters. The number of nitrogens with one attached hydrogen (secondary N) is 2. The lowest BCUT2D eigenvalue weighted by molar-refractivity contribution is -0.0202. The van der Waals surface area contributed by atoms with Gasteiger partial charge in [-0.05, 0) is 38.7 Å². The summed E-state index contributed by atoms with van der Waals surface area (Å²) in [7, 11) is 0. The molecule has 0 saturated heterocycles. The summed E-state index contributed by atoms with van der Waals surface area (Å²) in [5.41, 5.74) is -0.556. The van der Waals surface area contributed by atoms with Crippen molar-refractivity contribution in [3.63, 3.8) is 0 Å². The second kappa shape index (κ2) is 5.77. The number of aryl methyl sites for hydroxylation is 1. The Bertz CT molecular complexity index is 636. The van der Waals surface area contributed by atoms with E-state index in [1.165, 1.54) is 4.88 Å². The first-order valence-electron chi connectivity index (χ1n) is 7.58. The molecule has 2 heterocycles. The summed E-state index contributed by atoms with van der Waals surface area (Å²) in [6, 6.07) is 2.11. The van der Waals surface area contributed by atoms with Crippen molar-refractivity contribution >= 4 is 33.3 Å². The molecule has 3 N–H and O–H groups in total. The summed E-state index contributed by atoms with van der Waals surface area (Å²) in [6.45, 7) is 5.61. The van der Waals surface area contributed by atoms with Gasteiger partial charge in [0.05, 0.1) is 11.0 Å². The van der Waals surface area contributed by atoms with Crippen LogP contribution in [0.3, 0.4) is 0 Å². The molecule has 1 fully saturated rings. The van der Waals surface area contributed by atoms with Crippen LogP contribution >= 0.6 is 11.3 Å². The van der Waals surface area contributed by atoms with Crippen LogP contribution in [-0.2, 0) is 0 Å². The minimum Gasteiger partial charge on any atom is -0.388 e. The average molecular weight is 306 g/mol. The van der Waals surface area contributed by atoms with Crippen molar-refractivity contribution in [2.45, 2.75) is 45.1 Å². The zero-order chi connectivity index (χ0) is 14.9. The van der Waals surface area contributed by atoms with Crippen LogP contribution in [0.15, 0.2) is 6.07 Å². The number of aromatic nitrogens is 2. The molecular formula is C15H22N4OS. The van der Waals surface area contributed by atoms with Crippen LogP contribution in [0.2, 0.25) is 0 Å². The summed E-state index contributed by atoms with van der Waals surface area (Å²) in [5.74, 6) is 1.48. The predicted molar refractivity (Wildman–Crippen MR) is 88.2 cm³/mol. The van der Waals surface area contributed by atoms with Gasteiger partial charge in [-0.2, -0.15) is 4.98 Å². The number of rotatable bonds is 6. The first-order valence-corrected chi connectivity index (χ1v) is 8.40. The van der Waals surface area contributed by atoms with E-state index in [-0.39, 0.29) is 0 Å². The molecule has 0 radical (unpaired) electrons. The highest BCUT2D eigenvalue weighted by atomic mass is 32.1. The fourth-order valence-electron chi connectivity index (χ4n) is 2.50. The summed E-state index contributed by atoms with van der Waals surface area (Å²) < 4.78 is 0. The summed E-state index contributed by atoms with van der Waals surface area (Å²) >= 11 is 1.67. The van der Waals surface area contributed by atoms with Crippen LogP contribution < -0.4 is 10.6 Å². The molecular weight excluding hydrogens is 284 g/mol. The molecule has 0 spiro atoms. The SMILES string of the molecule is CCCNc1nc(NCC2(O)CCC2)c2cc(C)sc2n1. The van der Waals surface area contributed by atoms with Gasteiger partial charge in [-0.1, -0.05) is 6.92 Å². The summed E-state index contributed by atoms with van der Waals surface area (Å²) in [4.78, 5) is 11.4. The molecule has 21 heavy (non-hydrogen) atoms. The highest BCUT2D eigenvalue weighted by molar-refractivity contribution is 7.18. The third-order valence-corrected chi connectivity index (χ3v) is 4.86. The second-order valence-electron chi connectivity index (χ2n) is 5.83. The van der Waals surface area contributed by atoms with E-state index in [1.54, 1.807) is 11.3 Å². The number of anilines is 2. The minimum absolute atomic E-state index is 0.556. The van der Waals surface area contributed by atoms with Crippen LogP contribution in [0.5, 0.6) is 0 Å². The Morgan fingerprint density at radius 1 is 1.33 bits per heavy atom. The molecule has 0 aromatic carbocycles. The van der Waals surface area contributed by atoms with Crippen molar-refractivity contribution in [2.24, 2.45) is 0 Å². The minimum atomic E-state index is -0.556. The fourth-order valence-corrected chi connectivity index (χ4v) is 3.38. The Labute approximate surface area is 128 Å². The molecule has 5 nitrogen and oxygen atoms in total. The van der Waals surface area contributed by atoms with Gasteiger partial charge in [-0.3, -0.25) is 0 Å². The first kappa shape index (κ1) is 14.5. The van der Waals surface area contributed by atoms with Gasteiger partial charge in [0.15, 0.2) is 0 Å². The molecule has 0 aliphatic heterocycles.